The molecular weight excluding hydrogens is 292 g/mol. The fourth-order valence-electron chi connectivity index (χ4n) is 2.99. The molecule has 0 amide bonds. The Labute approximate surface area is 134 Å². The zero-order chi connectivity index (χ0) is 16.6. The number of aliphatic hydroxyl groups is 1. The number of aromatic nitrogens is 3. The number of aryl methyl sites for hydroxylation is 2. The van der Waals surface area contributed by atoms with Gasteiger partial charge < -0.3 is 20.1 Å². The highest BCUT2D eigenvalue weighted by molar-refractivity contribution is 6.09. The number of fused-ring (bicyclic) bond motifs is 3. The smallest absolute Gasteiger partial charge is 0.152 e. The van der Waals surface area contributed by atoms with Crippen LogP contribution >= 0.6 is 0 Å². The summed E-state index contributed by atoms with van der Waals surface area (Å²) in [5, 5.41) is 10.5. The Balaban J connectivity index is 2.43. The lowest BCUT2D eigenvalue weighted by molar-refractivity contribution is 0.125. The predicted octanol–water partition coefficient (Wildman–Crippen LogP) is 2.31. The molecule has 0 saturated carbocycles. The minimum Gasteiger partial charge on any atom is -0.395 e. The monoisotopic (exact) mass is 314 g/mol. The topological polar surface area (TPSA) is 86.2 Å². The van der Waals surface area contributed by atoms with Crippen molar-refractivity contribution in [3.63, 3.8) is 0 Å². The van der Waals surface area contributed by atoms with Crippen LogP contribution in [0.5, 0.6) is 0 Å². The van der Waals surface area contributed by atoms with Gasteiger partial charge in [-0.25, -0.2) is 9.97 Å². The molecule has 2 aromatic heterocycles. The van der Waals surface area contributed by atoms with E-state index in [1.54, 1.807) is 0 Å². The van der Waals surface area contributed by atoms with Gasteiger partial charge in [0, 0.05) is 18.5 Å². The minimum absolute atomic E-state index is 0.0270. The lowest BCUT2D eigenvalue weighted by Crippen LogP contribution is -2.09. The third-order valence-electron chi connectivity index (χ3n) is 4.11. The van der Waals surface area contributed by atoms with E-state index < -0.39 is 0 Å². The lowest BCUT2D eigenvalue weighted by atomic mass is 10.0. The average molecular weight is 314 g/mol. The lowest BCUT2D eigenvalue weighted by Gasteiger charge is -2.12. The molecule has 0 bridgehead atoms. The van der Waals surface area contributed by atoms with Crippen LogP contribution < -0.4 is 5.73 Å². The largest absolute Gasteiger partial charge is 0.395 e. The van der Waals surface area contributed by atoms with Crippen molar-refractivity contribution in [2.24, 2.45) is 0 Å². The summed E-state index contributed by atoms with van der Waals surface area (Å²) in [4.78, 5) is 9.19. The van der Waals surface area contributed by atoms with Crippen molar-refractivity contribution in [1.29, 1.82) is 0 Å². The molecule has 1 aromatic carbocycles. The molecule has 6 heteroatoms. The fraction of sp³-hybridized carbons (Fsp3) is 0.412. The van der Waals surface area contributed by atoms with Crippen molar-refractivity contribution in [3.05, 3.63) is 29.1 Å². The van der Waals surface area contributed by atoms with Crippen LogP contribution in [0.2, 0.25) is 0 Å². The van der Waals surface area contributed by atoms with Crippen LogP contribution in [0.4, 0.5) is 5.82 Å². The molecule has 122 valence electrons. The van der Waals surface area contributed by atoms with Crippen LogP contribution in [0.25, 0.3) is 21.9 Å². The number of imidazole rings is 1. The van der Waals surface area contributed by atoms with Crippen molar-refractivity contribution < 1.29 is 9.84 Å². The highest BCUT2D eigenvalue weighted by Gasteiger charge is 2.19. The number of anilines is 1. The van der Waals surface area contributed by atoms with Crippen molar-refractivity contribution in [3.8, 4) is 0 Å². The molecule has 3 aromatic rings. The van der Waals surface area contributed by atoms with Crippen LogP contribution in [0.15, 0.2) is 12.1 Å². The molecule has 0 aliphatic carbocycles. The third-order valence-corrected chi connectivity index (χ3v) is 4.11. The quantitative estimate of drug-likeness (QED) is 0.755. The summed E-state index contributed by atoms with van der Waals surface area (Å²) in [5.74, 6) is 1.17. The third kappa shape index (κ3) is 2.54. The van der Waals surface area contributed by atoms with E-state index in [-0.39, 0.29) is 6.61 Å². The summed E-state index contributed by atoms with van der Waals surface area (Å²) in [7, 11) is 0. The summed E-state index contributed by atoms with van der Waals surface area (Å²) < 4.78 is 7.51. The average Bonchev–Trinajstić information content (AvgIpc) is 2.89. The van der Waals surface area contributed by atoms with Gasteiger partial charge in [-0.1, -0.05) is 12.1 Å². The number of nitrogens with two attached hydrogens (primary N) is 1. The number of nitrogens with zero attached hydrogens (tertiary/aromatic N) is 3. The number of aliphatic hydroxyl groups excluding tert-OH is 1. The van der Waals surface area contributed by atoms with Crippen LogP contribution in [0.1, 0.15) is 23.9 Å². The number of pyridine rings is 1. The van der Waals surface area contributed by atoms with Gasteiger partial charge in [-0.2, -0.15) is 0 Å². The van der Waals surface area contributed by atoms with E-state index in [1.807, 2.05) is 24.5 Å². The summed E-state index contributed by atoms with van der Waals surface area (Å²) in [5.41, 5.74) is 10.8. The van der Waals surface area contributed by atoms with Crippen LogP contribution in [0.3, 0.4) is 0 Å². The zero-order valence-corrected chi connectivity index (χ0v) is 13.8. The van der Waals surface area contributed by atoms with Gasteiger partial charge in [0.2, 0.25) is 0 Å². The Bertz CT molecular complexity index is 870. The molecule has 2 heterocycles. The Morgan fingerprint density at radius 3 is 2.61 bits per heavy atom. The molecule has 0 aliphatic rings. The first-order valence-electron chi connectivity index (χ1n) is 7.81. The standard InChI is InChI=1S/C17H22N4O2/c1-4-23-9-12-19-15-16(21(12)7-8-22)13-10(2)5-6-11(3)14(13)20-17(15)18/h5-6,22H,4,7-9H2,1-3H3,(H2,18,20). The van der Waals surface area contributed by atoms with Crippen molar-refractivity contribution in [2.45, 2.75) is 33.9 Å². The van der Waals surface area contributed by atoms with Gasteiger partial charge in [0.05, 0.1) is 17.6 Å². The maximum atomic E-state index is 9.48. The molecule has 6 nitrogen and oxygen atoms in total. The second-order valence-corrected chi connectivity index (χ2v) is 5.66. The molecule has 3 rings (SSSR count). The Morgan fingerprint density at radius 2 is 1.91 bits per heavy atom. The molecule has 0 atom stereocenters. The van der Waals surface area contributed by atoms with Crippen LogP contribution in [0, 0.1) is 13.8 Å². The van der Waals surface area contributed by atoms with Gasteiger partial charge >= 0.3 is 0 Å². The van der Waals surface area contributed by atoms with Crippen molar-refractivity contribution in [1.82, 2.24) is 14.5 Å². The number of hydrogen-bond acceptors (Lipinski definition) is 5. The molecule has 0 saturated heterocycles. The molecule has 0 spiro atoms. The maximum Gasteiger partial charge on any atom is 0.152 e. The summed E-state index contributed by atoms with van der Waals surface area (Å²) >= 11 is 0. The highest BCUT2D eigenvalue weighted by Crippen LogP contribution is 2.32. The zero-order valence-electron chi connectivity index (χ0n) is 13.8. The van der Waals surface area contributed by atoms with E-state index in [4.69, 9.17) is 10.5 Å². The van der Waals surface area contributed by atoms with Crippen LogP contribution in [-0.2, 0) is 17.9 Å². The number of rotatable bonds is 5. The number of ether oxygens (including phenoxy) is 1. The maximum absolute atomic E-state index is 9.48. The molecular formula is C17H22N4O2. The van der Waals surface area contributed by atoms with Gasteiger partial charge in [0.1, 0.15) is 17.9 Å². The van der Waals surface area contributed by atoms with Gasteiger partial charge in [-0.3, -0.25) is 0 Å². The van der Waals surface area contributed by atoms with Gasteiger partial charge in [-0.15, -0.1) is 0 Å². The summed E-state index contributed by atoms with van der Waals surface area (Å²) in [6.07, 6.45) is 0. The van der Waals surface area contributed by atoms with E-state index >= 15 is 0 Å². The van der Waals surface area contributed by atoms with Gasteiger partial charge in [0.15, 0.2) is 5.82 Å². The normalized spacial score (nSPS) is 11.7. The first-order chi connectivity index (χ1) is 11.1. The molecule has 0 radical (unpaired) electrons. The second-order valence-electron chi connectivity index (χ2n) is 5.66. The van der Waals surface area contributed by atoms with E-state index in [2.05, 4.69) is 23.0 Å². The predicted molar refractivity (Wildman–Crippen MR) is 91.3 cm³/mol. The molecule has 0 aliphatic heterocycles. The summed E-state index contributed by atoms with van der Waals surface area (Å²) in [6, 6.07) is 4.12. The Hall–Kier alpha value is -2.18. The second kappa shape index (κ2) is 6.14. The van der Waals surface area contributed by atoms with E-state index in [0.717, 1.165) is 33.4 Å². The van der Waals surface area contributed by atoms with E-state index in [9.17, 15) is 5.11 Å². The highest BCUT2D eigenvalue weighted by atomic mass is 16.5. The Morgan fingerprint density at radius 1 is 1.17 bits per heavy atom. The van der Waals surface area contributed by atoms with Crippen molar-refractivity contribution in [2.75, 3.05) is 18.9 Å². The van der Waals surface area contributed by atoms with Crippen LogP contribution in [-0.4, -0.2) is 32.9 Å². The van der Waals surface area contributed by atoms with Crippen molar-refractivity contribution >= 4 is 27.8 Å². The minimum atomic E-state index is 0.0270. The number of nitrogen functional groups attached to an aromatic ring is 1. The molecule has 0 fully saturated rings. The number of benzene rings is 1. The van der Waals surface area contributed by atoms with Gasteiger partial charge in [0.25, 0.3) is 0 Å². The Kier molecular flexibility index (Phi) is 4.19. The van der Waals surface area contributed by atoms with E-state index in [0.29, 0.717) is 31.1 Å². The first-order valence-corrected chi connectivity index (χ1v) is 7.81. The number of hydrogen-bond donors (Lipinski definition) is 2. The first kappa shape index (κ1) is 15.7. The fourth-order valence-corrected chi connectivity index (χ4v) is 2.99. The van der Waals surface area contributed by atoms with E-state index in [1.165, 1.54) is 0 Å². The van der Waals surface area contributed by atoms with Gasteiger partial charge in [-0.05, 0) is 31.9 Å². The SMILES string of the molecule is CCOCc1nc2c(N)nc3c(C)ccc(C)c3c2n1CCO. The summed E-state index contributed by atoms with van der Waals surface area (Å²) in [6.45, 7) is 7.49. The molecule has 0 unspecified atom stereocenters. The molecule has 23 heavy (non-hydrogen) atoms. The molecule has 3 N–H and O–H groups in total.